The number of furan rings is 1. The van der Waals surface area contributed by atoms with Gasteiger partial charge in [-0.3, -0.25) is 0 Å². The molecule has 84 valence electrons. The molecule has 0 aliphatic rings. The Morgan fingerprint density at radius 1 is 0.941 bits per heavy atom. The summed E-state index contributed by atoms with van der Waals surface area (Å²) in [5.41, 5.74) is 7.94. The number of fused-ring (bicyclic) bond motifs is 1. The van der Waals surface area contributed by atoms with Crippen LogP contribution in [0.5, 0.6) is 0 Å². The van der Waals surface area contributed by atoms with E-state index in [1.54, 1.807) is 6.26 Å². The monoisotopic (exact) mass is 223 g/mol. The fourth-order valence-corrected chi connectivity index (χ4v) is 2.12. The minimum atomic E-state index is 0.519. The maximum atomic E-state index is 5.76. The van der Waals surface area contributed by atoms with Gasteiger partial charge in [-0.1, -0.05) is 48.5 Å². The van der Waals surface area contributed by atoms with Crippen molar-refractivity contribution in [2.45, 2.75) is 6.54 Å². The van der Waals surface area contributed by atoms with Gasteiger partial charge in [-0.15, -0.1) is 0 Å². The second-order valence-corrected chi connectivity index (χ2v) is 4.01. The quantitative estimate of drug-likeness (QED) is 0.721. The fourth-order valence-electron chi connectivity index (χ4n) is 2.12. The van der Waals surface area contributed by atoms with Gasteiger partial charge in [-0.2, -0.15) is 0 Å². The predicted octanol–water partition coefficient (Wildman–Crippen LogP) is 3.56. The molecule has 17 heavy (non-hydrogen) atoms. The maximum Gasteiger partial charge on any atom is 0.142 e. The molecule has 2 N–H and O–H groups in total. The molecule has 0 aliphatic carbocycles. The Kier molecular flexibility index (Phi) is 2.42. The van der Waals surface area contributed by atoms with Crippen LogP contribution in [-0.2, 0) is 6.54 Å². The summed E-state index contributed by atoms with van der Waals surface area (Å²) in [5.74, 6) is 0.904. The molecule has 2 nitrogen and oxygen atoms in total. The van der Waals surface area contributed by atoms with E-state index in [9.17, 15) is 0 Å². The van der Waals surface area contributed by atoms with Crippen molar-refractivity contribution < 1.29 is 4.42 Å². The number of benzene rings is 2. The highest BCUT2D eigenvalue weighted by atomic mass is 16.3. The Bertz CT molecular complexity index is 655. The molecule has 3 aromatic rings. The summed E-state index contributed by atoms with van der Waals surface area (Å²) in [6.45, 7) is 0.519. The number of hydrogen-bond acceptors (Lipinski definition) is 2. The van der Waals surface area contributed by atoms with Crippen molar-refractivity contribution in [3.05, 3.63) is 60.4 Å². The molecule has 0 spiro atoms. The van der Waals surface area contributed by atoms with Crippen LogP contribution in [0.15, 0.2) is 59.2 Å². The third-order valence-corrected chi connectivity index (χ3v) is 2.99. The summed E-state index contributed by atoms with van der Waals surface area (Å²) < 4.78 is 5.69. The van der Waals surface area contributed by atoms with Gasteiger partial charge in [0.15, 0.2) is 0 Å². The Balaban J connectivity index is 2.27. The second-order valence-electron chi connectivity index (χ2n) is 4.01. The molecule has 0 saturated heterocycles. The van der Waals surface area contributed by atoms with Gasteiger partial charge in [0.05, 0.1) is 6.26 Å². The first kappa shape index (κ1) is 10.1. The van der Waals surface area contributed by atoms with E-state index >= 15 is 0 Å². The van der Waals surface area contributed by atoms with Crippen LogP contribution < -0.4 is 5.73 Å². The first-order valence-corrected chi connectivity index (χ1v) is 5.65. The number of rotatable bonds is 2. The van der Waals surface area contributed by atoms with Crippen LogP contribution in [-0.4, -0.2) is 0 Å². The zero-order valence-corrected chi connectivity index (χ0v) is 9.39. The zero-order valence-electron chi connectivity index (χ0n) is 9.39. The lowest BCUT2D eigenvalue weighted by molar-refractivity contribution is 0.586. The molecule has 0 bridgehead atoms. The molecular weight excluding hydrogens is 210 g/mol. The molecule has 0 saturated carbocycles. The summed E-state index contributed by atoms with van der Waals surface area (Å²) in [7, 11) is 0. The largest absolute Gasteiger partial charge is 0.463 e. The van der Waals surface area contributed by atoms with Crippen molar-refractivity contribution in [1.29, 1.82) is 0 Å². The van der Waals surface area contributed by atoms with Crippen LogP contribution in [0.2, 0.25) is 0 Å². The average molecular weight is 223 g/mol. The van der Waals surface area contributed by atoms with Crippen LogP contribution in [0.4, 0.5) is 0 Å². The molecule has 0 atom stereocenters. The van der Waals surface area contributed by atoms with E-state index in [4.69, 9.17) is 10.2 Å². The molecule has 1 heterocycles. The van der Waals surface area contributed by atoms with Gasteiger partial charge in [-0.25, -0.2) is 0 Å². The van der Waals surface area contributed by atoms with Crippen molar-refractivity contribution in [3.63, 3.8) is 0 Å². The SMILES string of the molecule is NCc1ccccc1-c1occ2ccccc12. The Morgan fingerprint density at radius 3 is 2.59 bits per heavy atom. The van der Waals surface area contributed by atoms with E-state index in [2.05, 4.69) is 6.07 Å². The normalized spacial score (nSPS) is 10.9. The van der Waals surface area contributed by atoms with Crippen molar-refractivity contribution in [2.75, 3.05) is 0 Å². The molecule has 0 fully saturated rings. The van der Waals surface area contributed by atoms with E-state index in [1.807, 2.05) is 42.5 Å². The summed E-state index contributed by atoms with van der Waals surface area (Å²) in [6, 6.07) is 16.2. The topological polar surface area (TPSA) is 39.2 Å². The van der Waals surface area contributed by atoms with Gasteiger partial charge in [0.1, 0.15) is 5.76 Å². The van der Waals surface area contributed by atoms with Crippen LogP contribution in [0.1, 0.15) is 5.56 Å². The molecule has 2 heteroatoms. The fraction of sp³-hybridized carbons (Fsp3) is 0.0667. The highest BCUT2D eigenvalue weighted by Gasteiger charge is 2.10. The van der Waals surface area contributed by atoms with E-state index in [0.717, 1.165) is 27.7 Å². The first-order valence-electron chi connectivity index (χ1n) is 5.65. The van der Waals surface area contributed by atoms with Crippen molar-refractivity contribution in [2.24, 2.45) is 5.73 Å². The van der Waals surface area contributed by atoms with Gasteiger partial charge >= 0.3 is 0 Å². The highest BCUT2D eigenvalue weighted by molar-refractivity contribution is 5.94. The third-order valence-electron chi connectivity index (χ3n) is 2.99. The molecule has 2 aromatic carbocycles. The minimum Gasteiger partial charge on any atom is -0.463 e. The van der Waals surface area contributed by atoms with Gasteiger partial charge < -0.3 is 10.2 Å². The Labute approximate surface area is 99.7 Å². The van der Waals surface area contributed by atoms with Crippen LogP contribution in [0, 0.1) is 0 Å². The van der Waals surface area contributed by atoms with Crippen molar-refractivity contribution in [3.8, 4) is 11.3 Å². The van der Waals surface area contributed by atoms with E-state index in [1.165, 1.54) is 0 Å². The predicted molar refractivity (Wildman–Crippen MR) is 69.5 cm³/mol. The lowest BCUT2D eigenvalue weighted by Crippen LogP contribution is -1.98. The molecule has 0 amide bonds. The molecule has 3 rings (SSSR count). The van der Waals surface area contributed by atoms with Gasteiger partial charge in [0, 0.05) is 22.9 Å². The Morgan fingerprint density at radius 2 is 1.71 bits per heavy atom. The van der Waals surface area contributed by atoms with Crippen LogP contribution >= 0.6 is 0 Å². The highest BCUT2D eigenvalue weighted by Crippen LogP contribution is 2.32. The minimum absolute atomic E-state index is 0.519. The van der Waals surface area contributed by atoms with Crippen LogP contribution in [0.25, 0.3) is 22.1 Å². The molecule has 0 unspecified atom stereocenters. The average Bonchev–Trinajstić information content (AvgIpc) is 2.82. The lowest BCUT2D eigenvalue weighted by atomic mass is 10.0. The van der Waals surface area contributed by atoms with Gasteiger partial charge in [-0.05, 0) is 5.56 Å². The van der Waals surface area contributed by atoms with E-state index in [-0.39, 0.29) is 0 Å². The summed E-state index contributed by atoms with van der Waals surface area (Å²) in [5, 5.41) is 2.25. The summed E-state index contributed by atoms with van der Waals surface area (Å²) in [6.07, 6.45) is 1.79. The van der Waals surface area contributed by atoms with E-state index in [0.29, 0.717) is 6.54 Å². The lowest BCUT2D eigenvalue weighted by Gasteiger charge is -2.04. The van der Waals surface area contributed by atoms with Gasteiger partial charge in [0.25, 0.3) is 0 Å². The number of nitrogens with two attached hydrogens (primary N) is 1. The summed E-state index contributed by atoms with van der Waals surface area (Å²) >= 11 is 0. The standard InChI is InChI=1S/C15H13NO/c16-9-11-5-1-3-7-13(11)15-14-8-4-2-6-12(14)10-17-15/h1-8,10H,9,16H2. The third kappa shape index (κ3) is 1.63. The maximum absolute atomic E-state index is 5.76. The molecular formula is C15H13NO. The second kappa shape index (κ2) is 4.07. The van der Waals surface area contributed by atoms with Crippen LogP contribution in [0.3, 0.4) is 0 Å². The summed E-state index contributed by atoms with van der Waals surface area (Å²) in [4.78, 5) is 0. The zero-order chi connectivity index (χ0) is 11.7. The Hall–Kier alpha value is -2.06. The molecule has 1 aromatic heterocycles. The van der Waals surface area contributed by atoms with E-state index < -0.39 is 0 Å². The van der Waals surface area contributed by atoms with Gasteiger partial charge in [0.2, 0.25) is 0 Å². The number of hydrogen-bond donors (Lipinski definition) is 1. The van der Waals surface area contributed by atoms with Crippen molar-refractivity contribution >= 4 is 10.8 Å². The first-order chi connectivity index (χ1) is 8.40. The smallest absolute Gasteiger partial charge is 0.142 e. The van der Waals surface area contributed by atoms with Crippen molar-refractivity contribution in [1.82, 2.24) is 0 Å². The molecule has 0 aliphatic heterocycles. The molecule has 0 radical (unpaired) electrons.